The smallest absolute Gasteiger partial charge is 0.237 e. The zero-order valence-corrected chi connectivity index (χ0v) is 10.8. The van der Waals surface area contributed by atoms with E-state index in [9.17, 15) is 0 Å². The summed E-state index contributed by atoms with van der Waals surface area (Å²) in [4.78, 5) is 0. The molecule has 0 saturated carbocycles. The zero-order valence-electron chi connectivity index (χ0n) is 10.1. The quantitative estimate of drug-likeness (QED) is 0.799. The molecular formula is C11H17ClN2O2. The first-order valence-corrected chi connectivity index (χ1v) is 5.67. The first-order chi connectivity index (χ1) is 7.56. The van der Waals surface area contributed by atoms with Gasteiger partial charge in [-0.3, -0.25) is 0 Å². The van der Waals surface area contributed by atoms with Gasteiger partial charge in [0.1, 0.15) is 6.10 Å². The molecule has 4 nitrogen and oxygen atoms in total. The molecule has 0 aliphatic carbocycles. The van der Waals surface area contributed by atoms with Gasteiger partial charge >= 0.3 is 0 Å². The summed E-state index contributed by atoms with van der Waals surface area (Å²) in [5, 5.41) is 8.17. The Morgan fingerprint density at radius 3 is 2.56 bits per heavy atom. The molecule has 0 amide bonds. The normalized spacial score (nSPS) is 12.6. The van der Waals surface area contributed by atoms with Crippen LogP contribution in [-0.4, -0.2) is 29.5 Å². The van der Waals surface area contributed by atoms with E-state index in [0.29, 0.717) is 24.2 Å². The van der Waals surface area contributed by atoms with Crippen LogP contribution < -0.4 is 4.74 Å². The molecule has 16 heavy (non-hydrogen) atoms. The Labute approximate surface area is 101 Å². The molecule has 0 aliphatic heterocycles. The molecule has 0 saturated heterocycles. The predicted octanol–water partition coefficient (Wildman–Crippen LogP) is 2.55. The number of hydrogen-bond donors (Lipinski definition) is 0. The van der Waals surface area contributed by atoms with E-state index in [1.807, 2.05) is 27.7 Å². The zero-order chi connectivity index (χ0) is 12.1. The van der Waals surface area contributed by atoms with Gasteiger partial charge in [0.05, 0.1) is 6.61 Å². The minimum absolute atomic E-state index is 0.0477. The van der Waals surface area contributed by atoms with Gasteiger partial charge in [-0.05, 0) is 33.3 Å². The van der Waals surface area contributed by atoms with E-state index in [2.05, 4.69) is 10.2 Å². The van der Waals surface area contributed by atoms with E-state index in [1.165, 1.54) is 0 Å². The van der Waals surface area contributed by atoms with E-state index < -0.39 is 0 Å². The molecule has 5 heteroatoms. The second-order valence-corrected chi connectivity index (χ2v) is 3.99. The predicted molar refractivity (Wildman–Crippen MR) is 63.1 cm³/mol. The molecule has 1 aromatic rings. The molecule has 0 fully saturated rings. The number of nitrogens with zero attached hydrogens (tertiary/aromatic N) is 2. The summed E-state index contributed by atoms with van der Waals surface area (Å²) in [6.07, 6.45) is -0.0477. The topological polar surface area (TPSA) is 44.2 Å². The molecule has 0 aromatic carbocycles. The number of aromatic nitrogens is 2. The van der Waals surface area contributed by atoms with Crippen LogP contribution >= 0.6 is 11.6 Å². The van der Waals surface area contributed by atoms with E-state index in [4.69, 9.17) is 21.1 Å². The molecule has 0 spiro atoms. The molecule has 90 valence electrons. The van der Waals surface area contributed by atoms with Crippen LogP contribution in [0.4, 0.5) is 0 Å². The highest BCUT2D eigenvalue weighted by atomic mass is 35.5. The van der Waals surface area contributed by atoms with Crippen LogP contribution in [0.1, 0.15) is 25.0 Å². The summed E-state index contributed by atoms with van der Waals surface area (Å²) >= 11 is 5.85. The van der Waals surface area contributed by atoms with Crippen molar-refractivity contribution < 1.29 is 9.47 Å². The van der Waals surface area contributed by atoms with Crippen molar-refractivity contribution in [2.24, 2.45) is 0 Å². The van der Waals surface area contributed by atoms with Gasteiger partial charge in [-0.2, -0.15) is 0 Å². The summed E-state index contributed by atoms with van der Waals surface area (Å²) in [5.41, 5.74) is 1.82. The third-order valence-electron chi connectivity index (χ3n) is 2.29. The molecule has 1 atom stereocenters. The van der Waals surface area contributed by atoms with E-state index in [0.717, 1.165) is 11.1 Å². The Kier molecular flexibility index (Phi) is 4.96. The number of rotatable bonds is 5. The van der Waals surface area contributed by atoms with Crippen molar-refractivity contribution in [3.05, 3.63) is 16.3 Å². The molecule has 0 N–H and O–H groups in total. The fourth-order valence-corrected chi connectivity index (χ4v) is 1.35. The summed E-state index contributed by atoms with van der Waals surface area (Å²) < 4.78 is 10.9. The van der Waals surface area contributed by atoms with Gasteiger partial charge in [0.25, 0.3) is 0 Å². The lowest BCUT2D eigenvalue weighted by atomic mass is 10.2. The average Bonchev–Trinajstić information content (AvgIpc) is 2.27. The first-order valence-electron chi connectivity index (χ1n) is 5.30. The highest BCUT2D eigenvalue weighted by Crippen LogP contribution is 2.22. The van der Waals surface area contributed by atoms with E-state index in [1.54, 1.807) is 0 Å². The summed E-state index contributed by atoms with van der Waals surface area (Å²) in [7, 11) is 0. The second-order valence-electron chi connectivity index (χ2n) is 3.63. The maximum atomic E-state index is 5.85. The summed E-state index contributed by atoms with van der Waals surface area (Å²) in [5.74, 6) is 0.522. The van der Waals surface area contributed by atoms with Crippen molar-refractivity contribution in [2.75, 3.05) is 13.2 Å². The minimum atomic E-state index is -0.0477. The maximum absolute atomic E-state index is 5.85. The van der Waals surface area contributed by atoms with Crippen LogP contribution in [0.3, 0.4) is 0 Å². The van der Waals surface area contributed by atoms with Gasteiger partial charge in [0.15, 0.2) is 5.15 Å². The Bertz CT molecular complexity index is 358. The SMILES string of the molecule is CCOCC(C)Oc1nnc(Cl)c(C)c1C. The van der Waals surface area contributed by atoms with Gasteiger partial charge in [-0.25, -0.2) is 0 Å². The van der Waals surface area contributed by atoms with Gasteiger partial charge in [-0.1, -0.05) is 11.6 Å². The van der Waals surface area contributed by atoms with Crippen LogP contribution in [0.2, 0.25) is 5.15 Å². The monoisotopic (exact) mass is 244 g/mol. The Balaban J connectivity index is 2.70. The molecule has 1 rings (SSSR count). The standard InChI is InChI=1S/C11H17ClN2O2/c1-5-15-6-7(2)16-11-9(4)8(3)10(12)13-14-11/h7H,5-6H2,1-4H3. The molecule has 1 heterocycles. The molecule has 1 aromatic heterocycles. The first kappa shape index (κ1) is 13.2. The largest absolute Gasteiger partial charge is 0.471 e. The van der Waals surface area contributed by atoms with Crippen LogP contribution in [0.15, 0.2) is 0 Å². The Hall–Kier alpha value is -0.870. The molecular weight excluding hydrogens is 228 g/mol. The van der Waals surface area contributed by atoms with Gasteiger partial charge < -0.3 is 9.47 Å². The molecule has 1 unspecified atom stereocenters. The number of hydrogen-bond acceptors (Lipinski definition) is 4. The molecule has 0 bridgehead atoms. The van der Waals surface area contributed by atoms with Crippen molar-refractivity contribution >= 4 is 11.6 Å². The minimum Gasteiger partial charge on any atom is -0.471 e. The van der Waals surface area contributed by atoms with Gasteiger partial charge in [0.2, 0.25) is 5.88 Å². The number of halogens is 1. The third-order valence-corrected chi connectivity index (χ3v) is 2.65. The summed E-state index contributed by atoms with van der Waals surface area (Å²) in [6, 6.07) is 0. The Morgan fingerprint density at radius 1 is 1.25 bits per heavy atom. The second kappa shape index (κ2) is 6.01. The summed E-state index contributed by atoms with van der Waals surface area (Å²) in [6.45, 7) is 8.91. The third kappa shape index (κ3) is 3.32. The molecule has 0 radical (unpaired) electrons. The molecule has 0 aliphatic rings. The van der Waals surface area contributed by atoms with Crippen molar-refractivity contribution in [3.8, 4) is 5.88 Å². The lowest BCUT2D eigenvalue weighted by Gasteiger charge is -2.15. The maximum Gasteiger partial charge on any atom is 0.237 e. The van der Waals surface area contributed by atoms with Crippen LogP contribution in [-0.2, 0) is 4.74 Å². The van der Waals surface area contributed by atoms with Gasteiger partial charge in [0, 0.05) is 12.2 Å². The Morgan fingerprint density at radius 2 is 1.94 bits per heavy atom. The van der Waals surface area contributed by atoms with Crippen molar-refractivity contribution in [1.82, 2.24) is 10.2 Å². The lowest BCUT2D eigenvalue weighted by Crippen LogP contribution is -2.20. The highest BCUT2D eigenvalue weighted by Gasteiger charge is 2.12. The van der Waals surface area contributed by atoms with Crippen LogP contribution in [0.5, 0.6) is 5.88 Å². The van der Waals surface area contributed by atoms with Crippen molar-refractivity contribution in [2.45, 2.75) is 33.8 Å². The van der Waals surface area contributed by atoms with E-state index in [-0.39, 0.29) is 6.10 Å². The lowest BCUT2D eigenvalue weighted by molar-refractivity contribution is 0.0624. The van der Waals surface area contributed by atoms with Crippen molar-refractivity contribution in [1.29, 1.82) is 0 Å². The highest BCUT2D eigenvalue weighted by molar-refractivity contribution is 6.30. The fourth-order valence-electron chi connectivity index (χ4n) is 1.17. The average molecular weight is 245 g/mol. The number of ether oxygens (including phenoxy) is 2. The fraction of sp³-hybridized carbons (Fsp3) is 0.636. The van der Waals surface area contributed by atoms with Crippen LogP contribution in [0, 0.1) is 13.8 Å². The van der Waals surface area contributed by atoms with Gasteiger partial charge in [-0.15, -0.1) is 10.2 Å². The van der Waals surface area contributed by atoms with E-state index >= 15 is 0 Å². The van der Waals surface area contributed by atoms with Crippen molar-refractivity contribution in [3.63, 3.8) is 0 Å². The van der Waals surface area contributed by atoms with Crippen LogP contribution in [0.25, 0.3) is 0 Å².